The van der Waals surface area contributed by atoms with Crippen molar-refractivity contribution >= 4 is 29.0 Å². The number of ether oxygens (including phenoxy) is 1. The van der Waals surface area contributed by atoms with Gasteiger partial charge in [0.15, 0.2) is 0 Å². The third kappa shape index (κ3) is 3.54. The van der Waals surface area contributed by atoms with Gasteiger partial charge in [0, 0.05) is 29.0 Å². The highest BCUT2D eigenvalue weighted by molar-refractivity contribution is 8.01. The standard InChI is InChI=1S/C20H21N3O2S/c1-4-25-19(24)20(2,3)26-16-9-11-23-12-10-22-18(23)17(16)15-7-5-14(13-21)6-8-15/h5,7-12,14H,4,6H2,1-3H3. The van der Waals surface area contributed by atoms with Crippen molar-refractivity contribution in [3.05, 3.63) is 48.4 Å². The molecule has 0 aliphatic heterocycles. The smallest absolute Gasteiger partial charge is 0.321 e. The highest BCUT2D eigenvalue weighted by Gasteiger charge is 2.32. The summed E-state index contributed by atoms with van der Waals surface area (Å²) in [5.74, 6) is -0.331. The van der Waals surface area contributed by atoms with Gasteiger partial charge in [-0.3, -0.25) is 4.79 Å². The van der Waals surface area contributed by atoms with Gasteiger partial charge in [-0.2, -0.15) is 5.26 Å². The van der Waals surface area contributed by atoms with Crippen molar-refractivity contribution in [2.75, 3.05) is 6.61 Å². The Balaban J connectivity index is 2.04. The van der Waals surface area contributed by atoms with E-state index in [1.54, 1.807) is 6.20 Å². The number of fused-ring (bicyclic) bond motifs is 1. The van der Waals surface area contributed by atoms with E-state index >= 15 is 0 Å². The second-order valence-electron chi connectivity index (χ2n) is 6.54. The van der Waals surface area contributed by atoms with Crippen LogP contribution in [0.1, 0.15) is 32.8 Å². The second-order valence-corrected chi connectivity index (χ2v) is 8.20. The van der Waals surface area contributed by atoms with Gasteiger partial charge in [-0.1, -0.05) is 18.2 Å². The quantitative estimate of drug-likeness (QED) is 0.584. The molecule has 2 aromatic heterocycles. The lowest BCUT2D eigenvalue weighted by molar-refractivity contribution is -0.145. The highest BCUT2D eigenvalue weighted by Crippen LogP contribution is 2.40. The fraction of sp³-hybridized carbons (Fsp3) is 0.350. The number of allylic oxidation sites excluding steroid dienone is 4. The van der Waals surface area contributed by atoms with E-state index in [1.807, 2.05) is 55.8 Å². The Labute approximate surface area is 157 Å². The molecule has 0 radical (unpaired) electrons. The Morgan fingerprint density at radius 3 is 2.96 bits per heavy atom. The first-order valence-electron chi connectivity index (χ1n) is 8.56. The summed E-state index contributed by atoms with van der Waals surface area (Å²) < 4.78 is 6.46. The monoisotopic (exact) mass is 367 g/mol. The van der Waals surface area contributed by atoms with E-state index in [0.717, 1.165) is 21.7 Å². The fourth-order valence-corrected chi connectivity index (χ4v) is 3.98. The van der Waals surface area contributed by atoms with Crippen molar-refractivity contribution in [2.45, 2.75) is 36.8 Å². The number of carbonyl (C=O) groups excluding carboxylic acids is 1. The van der Waals surface area contributed by atoms with Gasteiger partial charge < -0.3 is 9.14 Å². The Morgan fingerprint density at radius 2 is 2.31 bits per heavy atom. The zero-order chi connectivity index (χ0) is 18.7. The first kappa shape index (κ1) is 18.3. The van der Waals surface area contributed by atoms with Crippen LogP contribution in [0.4, 0.5) is 0 Å². The second kappa shape index (κ2) is 7.38. The Morgan fingerprint density at radius 1 is 1.50 bits per heavy atom. The molecule has 0 spiro atoms. The summed E-state index contributed by atoms with van der Waals surface area (Å²) in [6.45, 7) is 5.90. The lowest BCUT2D eigenvalue weighted by Gasteiger charge is -2.24. The molecule has 6 heteroatoms. The molecule has 5 nitrogen and oxygen atoms in total. The number of thioether (sulfide) groups is 1. The molecule has 0 amide bonds. The summed E-state index contributed by atoms with van der Waals surface area (Å²) in [6.07, 6.45) is 12.2. The molecule has 1 aliphatic rings. The zero-order valence-electron chi connectivity index (χ0n) is 15.1. The largest absolute Gasteiger partial charge is 0.465 e. The van der Waals surface area contributed by atoms with E-state index in [4.69, 9.17) is 10.00 Å². The molecular formula is C20H21N3O2S. The molecule has 1 atom stereocenters. The number of imidazole rings is 1. The van der Waals surface area contributed by atoms with Crippen molar-refractivity contribution in [3.63, 3.8) is 0 Å². The van der Waals surface area contributed by atoms with Crippen LogP contribution in [0.25, 0.3) is 11.2 Å². The first-order chi connectivity index (χ1) is 12.5. The molecule has 3 rings (SSSR count). The SMILES string of the molecule is CCOC(=O)C(C)(C)Sc1ccn2ccnc2c1C1=CCC(C#N)C=C1. The minimum Gasteiger partial charge on any atom is -0.465 e. The molecule has 1 unspecified atom stereocenters. The van der Waals surface area contributed by atoms with E-state index in [0.29, 0.717) is 13.0 Å². The van der Waals surface area contributed by atoms with Crippen LogP contribution in [0.3, 0.4) is 0 Å². The van der Waals surface area contributed by atoms with Crippen LogP contribution in [-0.4, -0.2) is 26.7 Å². The van der Waals surface area contributed by atoms with Gasteiger partial charge >= 0.3 is 5.97 Å². The number of hydrogen-bond acceptors (Lipinski definition) is 5. The van der Waals surface area contributed by atoms with Crippen molar-refractivity contribution in [3.8, 4) is 6.07 Å². The van der Waals surface area contributed by atoms with Gasteiger partial charge in [-0.15, -0.1) is 11.8 Å². The lowest BCUT2D eigenvalue weighted by Crippen LogP contribution is -2.30. The van der Waals surface area contributed by atoms with Crippen LogP contribution in [0.15, 0.2) is 47.8 Å². The molecule has 2 heterocycles. The zero-order valence-corrected chi connectivity index (χ0v) is 15.9. The number of pyridine rings is 1. The topological polar surface area (TPSA) is 67.4 Å². The van der Waals surface area contributed by atoms with Gasteiger partial charge in [-0.25, -0.2) is 4.98 Å². The van der Waals surface area contributed by atoms with Gasteiger partial charge in [-0.05, 0) is 38.8 Å². The maximum atomic E-state index is 12.3. The molecule has 1 aliphatic carbocycles. The van der Waals surface area contributed by atoms with Crippen LogP contribution >= 0.6 is 11.8 Å². The van der Waals surface area contributed by atoms with Crippen LogP contribution in [0.5, 0.6) is 0 Å². The predicted octanol–water partition coefficient (Wildman–Crippen LogP) is 4.25. The molecular weight excluding hydrogens is 346 g/mol. The summed E-state index contributed by atoms with van der Waals surface area (Å²) in [5.41, 5.74) is 2.84. The van der Waals surface area contributed by atoms with Gasteiger partial charge in [0.25, 0.3) is 0 Å². The lowest BCUT2D eigenvalue weighted by atomic mass is 9.94. The van der Waals surface area contributed by atoms with E-state index in [2.05, 4.69) is 17.1 Å². The normalized spacial score (nSPS) is 17.0. The van der Waals surface area contributed by atoms with Gasteiger partial charge in [0.1, 0.15) is 10.4 Å². The van der Waals surface area contributed by atoms with Gasteiger partial charge in [0.05, 0.1) is 18.6 Å². The van der Waals surface area contributed by atoms with Crippen molar-refractivity contribution in [2.24, 2.45) is 5.92 Å². The number of nitriles is 1. The molecule has 26 heavy (non-hydrogen) atoms. The van der Waals surface area contributed by atoms with Gasteiger partial charge in [0.2, 0.25) is 0 Å². The summed E-state index contributed by atoms with van der Waals surface area (Å²) in [7, 11) is 0. The van der Waals surface area contributed by atoms with E-state index in [9.17, 15) is 4.79 Å². The maximum Gasteiger partial charge on any atom is 0.321 e. The minimum atomic E-state index is -0.718. The number of aromatic nitrogens is 2. The summed E-state index contributed by atoms with van der Waals surface area (Å²) in [6, 6.07) is 4.27. The molecule has 0 saturated heterocycles. The van der Waals surface area contributed by atoms with E-state index in [1.165, 1.54) is 11.8 Å². The Bertz CT molecular complexity index is 934. The number of carbonyl (C=O) groups is 1. The van der Waals surface area contributed by atoms with E-state index in [-0.39, 0.29) is 11.9 Å². The van der Waals surface area contributed by atoms with E-state index < -0.39 is 4.75 Å². The molecule has 0 bridgehead atoms. The van der Waals surface area contributed by atoms with Crippen LogP contribution in [0.2, 0.25) is 0 Å². The number of nitrogens with zero attached hydrogens (tertiary/aromatic N) is 3. The molecule has 2 aromatic rings. The summed E-state index contributed by atoms with van der Waals surface area (Å²) in [4.78, 5) is 17.8. The number of esters is 1. The Kier molecular flexibility index (Phi) is 5.19. The third-order valence-corrected chi connectivity index (χ3v) is 5.45. The predicted molar refractivity (Wildman–Crippen MR) is 103 cm³/mol. The van der Waals surface area contributed by atoms with Crippen molar-refractivity contribution in [1.82, 2.24) is 9.38 Å². The molecule has 134 valence electrons. The van der Waals surface area contributed by atoms with Crippen molar-refractivity contribution in [1.29, 1.82) is 5.26 Å². The minimum absolute atomic E-state index is 0.0923. The van der Waals surface area contributed by atoms with Crippen LogP contribution in [-0.2, 0) is 9.53 Å². The van der Waals surface area contributed by atoms with Crippen LogP contribution in [0, 0.1) is 17.2 Å². The fourth-order valence-electron chi connectivity index (χ4n) is 2.85. The average molecular weight is 367 g/mol. The summed E-state index contributed by atoms with van der Waals surface area (Å²) in [5, 5.41) is 9.10. The van der Waals surface area contributed by atoms with Crippen molar-refractivity contribution < 1.29 is 9.53 Å². The Hall–Kier alpha value is -2.52. The highest BCUT2D eigenvalue weighted by atomic mass is 32.2. The number of hydrogen-bond donors (Lipinski definition) is 0. The molecule has 0 aromatic carbocycles. The first-order valence-corrected chi connectivity index (χ1v) is 9.38. The average Bonchev–Trinajstić information content (AvgIpc) is 3.10. The van der Waals surface area contributed by atoms with Crippen LogP contribution < -0.4 is 0 Å². The molecule has 0 N–H and O–H groups in total. The third-order valence-electron chi connectivity index (χ3n) is 4.21. The maximum absolute atomic E-state index is 12.3. The molecule has 0 fully saturated rings. The molecule has 0 saturated carbocycles. The summed E-state index contributed by atoms with van der Waals surface area (Å²) >= 11 is 1.47. The number of rotatable bonds is 5.